The highest BCUT2D eigenvalue weighted by Crippen LogP contribution is 2.09. The van der Waals surface area contributed by atoms with E-state index in [1.165, 1.54) is 11.9 Å². The van der Waals surface area contributed by atoms with Crippen molar-refractivity contribution in [3.05, 3.63) is 47.0 Å². The van der Waals surface area contributed by atoms with Crippen molar-refractivity contribution in [2.24, 2.45) is 12.0 Å². The Labute approximate surface area is 152 Å². The molecule has 120 valence electrons. The summed E-state index contributed by atoms with van der Waals surface area (Å²) in [6.45, 7) is 1.37. The van der Waals surface area contributed by atoms with Crippen molar-refractivity contribution in [1.29, 1.82) is 0 Å². The molecule has 0 aliphatic carbocycles. The van der Waals surface area contributed by atoms with Gasteiger partial charge in [-0.2, -0.15) is 5.10 Å². The van der Waals surface area contributed by atoms with Crippen LogP contribution >= 0.6 is 35.6 Å². The molecule has 0 saturated carbocycles. The van der Waals surface area contributed by atoms with Gasteiger partial charge in [0.2, 0.25) is 0 Å². The smallest absolute Gasteiger partial charge is 0.191 e. The molecule has 1 aromatic carbocycles. The molecule has 0 fully saturated rings. The molecule has 2 N–H and O–H groups in total. The standard InChI is InChI=1S/C14H19ClN6.HI/c1-16-14(18-9-13-19-10-20-21(13)2)17-8-7-11-3-5-12(15)6-4-11;/h3-6,10H,7-9H2,1-2H3,(H2,16,17,18);1H. The van der Waals surface area contributed by atoms with Gasteiger partial charge in [-0.3, -0.25) is 9.67 Å². The fraction of sp³-hybridized carbons (Fsp3) is 0.357. The van der Waals surface area contributed by atoms with E-state index >= 15 is 0 Å². The van der Waals surface area contributed by atoms with Gasteiger partial charge >= 0.3 is 0 Å². The Kier molecular flexibility index (Phi) is 8.18. The molecule has 0 bridgehead atoms. The van der Waals surface area contributed by atoms with E-state index in [1.54, 1.807) is 11.7 Å². The first-order valence-electron chi connectivity index (χ1n) is 6.71. The third-order valence-corrected chi connectivity index (χ3v) is 3.31. The number of rotatable bonds is 5. The van der Waals surface area contributed by atoms with Crippen molar-refractivity contribution in [1.82, 2.24) is 25.4 Å². The Morgan fingerprint density at radius 2 is 2.00 bits per heavy atom. The second kappa shape index (κ2) is 9.62. The molecule has 0 saturated heterocycles. The number of nitrogens with one attached hydrogen (secondary N) is 2. The Bertz CT molecular complexity index is 596. The van der Waals surface area contributed by atoms with Crippen molar-refractivity contribution in [3.63, 3.8) is 0 Å². The van der Waals surface area contributed by atoms with E-state index in [1.807, 2.05) is 31.3 Å². The van der Waals surface area contributed by atoms with Crippen molar-refractivity contribution in [2.75, 3.05) is 13.6 Å². The number of nitrogens with zero attached hydrogens (tertiary/aromatic N) is 4. The summed E-state index contributed by atoms with van der Waals surface area (Å²) in [5, 5.41) is 11.2. The van der Waals surface area contributed by atoms with Crippen LogP contribution in [-0.4, -0.2) is 34.3 Å². The molecule has 0 aliphatic heterocycles. The first kappa shape index (κ1) is 18.7. The maximum Gasteiger partial charge on any atom is 0.191 e. The summed E-state index contributed by atoms with van der Waals surface area (Å²) in [6, 6.07) is 7.86. The van der Waals surface area contributed by atoms with Gasteiger partial charge in [0.25, 0.3) is 0 Å². The van der Waals surface area contributed by atoms with Gasteiger partial charge < -0.3 is 10.6 Å². The minimum atomic E-state index is 0. The van der Waals surface area contributed by atoms with Crippen molar-refractivity contribution in [3.8, 4) is 0 Å². The van der Waals surface area contributed by atoms with E-state index < -0.39 is 0 Å². The quantitative estimate of drug-likeness (QED) is 0.429. The number of benzene rings is 1. The van der Waals surface area contributed by atoms with Crippen LogP contribution in [0.25, 0.3) is 0 Å². The molecule has 6 nitrogen and oxygen atoms in total. The maximum absolute atomic E-state index is 5.86. The van der Waals surface area contributed by atoms with Crippen LogP contribution in [0.3, 0.4) is 0 Å². The highest BCUT2D eigenvalue weighted by Gasteiger charge is 2.02. The molecule has 1 heterocycles. The predicted molar refractivity (Wildman–Crippen MR) is 99.8 cm³/mol. The monoisotopic (exact) mass is 434 g/mol. The summed E-state index contributed by atoms with van der Waals surface area (Å²) < 4.78 is 1.73. The number of guanidine groups is 1. The molecule has 0 radical (unpaired) electrons. The van der Waals surface area contributed by atoms with Crippen LogP contribution in [0.2, 0.25) is 5.02 Å². The summed E-state index contributed by atoms with van der Waals surface area (Å²) in [4.78, 5) is 8.33. The zero-order valence-corrected chi connectivity index (χ0v) is 15.7. The Hall–Kier alpha value is -1.35. The van der Waals surface area contributed by atoms with Crippen LogP contribution in [0.1, 0.15) is 11.4 Å². The number of hydrogen-bond acceptors (Lipinski definition) is 3. The Morgan fingerprint density at radius 1 is 1.27 bits per heavy atom. The van der Waals surface area contributed by atoms with Crippen LogP contribution in [-0.2, 0) is 20.0 Å². The zero-order valence-electron chi connectivity index (χ0n) is 12.6. The fourth-order valence-corrected chi connectivity index (χ4v) is 1.97. The summed E-state index contributed by atoms with van der Waals surface area (Å²) >= 11 is 5.86. The summed E-state index contributed by atoms with van der Waals surface area (Å²) in [5.74, 6) is 1.60. The molecule has 0 aliphatic rings. The lowest BCUT2D eigenvalue weighted by Gasteiger charge is -2.11. The third-order valence-electron chi connectivity index (χ3n) is 3.06. The summed E-state index contributed by atoms with van der Waals surface area (Å²) in [5.41, 5.74) is 1.23. The minimum Gasteiger partial charge on any atom is -0.356 e. The number of halogens is 2. The third kappa shape index (κ3) is 5.80. The van der Waals surface area contributed by atoms with Gasteiger partial charge in [0.05, 0.1) is 6.54 Å². The van der Waals surface area contributed by atoms with E-state index in [0.29, 0.717) is 6.54 Å². The van der Waals surface area contributed by atoms with Crippen LogP contribution in [0, 0.1) is 0 Å². The highest BCUT2D eigenvalue weighted by molar-refractivity contribution is 14.0. The number of aromatic nitrogens is 3. The first-order chi connectivity index (χ1) is 10.2. The molecule has 0 amide bonds. The summed E-state index contributed by atoms with van der Waals surface area (Å²) in [6.07, 6.45) is 2.44. The van der Waals surface area contributed by atoms with Gasteiger partial charge in [0.1, 0.15) is 12.2 Å². The average molecular weight is 435 g/mol. The van der Waals surface area contributed by atoms with E-state index in [9.17, 15) is 0 Å². The molecule has 0 spiro atoms. The molecule has 1 aromatic heterocycles. The topological polar surface area (TPSA) is 67.1 Å². The Morgan fingerprint density at radius 3 is 2.59 bits per heavy atom. The second-order valence-corrected chi connectivity index (χ2v) is 4.97. The normalized spacial score (nSPS) is 11.0. The molecule has 2 aromatic rings. The van der Waals surface area contributed by atoms with Crippen LogP contribution in [0.5, 0.6) is 0 Å². The van der Waals surface area contributed by atoms with Gasteiger partial charge in [-0.05, 0) is 24.1 Å². The predicted octanol–water partition coefficient (Wildman–Crippen LogP) is 1.99. The largest absolute Gasteiger partial charge is 0.356 e. The molecule has 8 heteroatoms. The molecular formula is C14H20ClIN6. The van der Waals surface area contributed by atoms with E-state index in [2.05, 4.69) is 25.7 Å². The van der Waals surface area contributed by atoms with E-state index in [4.69, 9.17) is 11.6 Å². The van der Waals surface area contributed by atoms with Gasteiger partial charge in [-0.15, -0.1) is 24.0 Å². The lowest BCUT2D eigenvalue weighted by molar-refractivity contribution is 0.672. The van der Waals surface area contributed by atoms with Crippen LogP contribution in [0.15, 0.2) is 35.6 Å². The molecule has 2 rings (SSSR count). The fourth-order valence-electron chi connectivity index (χ4n) is 1.84. The van der Waals surface area contributed by atoms with E-state index in [0.717, 1.165) is 29.8 Å². The van der Waals surface area contributed by atoms with Crippen molar-refractivity contribution >= 4 is 41.5 Å². The zero-order chi connectivity index (χ0) is 15.1. The van der Waals surface area contributed by atoms with Gasteiger partial charge in [-0.25, -0.2) is 4.98 Å². The minimum absolute atomic E-state index is 0. The lowest BCUT2D eigenvalue weighted by atomic mass is 10.1. The van der Waals surface area contributed by atoms with Gasteiger partial charge in [0.15, 0.2) is 5.96 Å². The molecule has 0 unspecified atom stereocenters. The van der Waals surface area contributed by atoms with Crippen LogP contribution in [0.4, 0.5) is 0 Å². The molecule has 22 heavy (non-hydrogen) atoms. The first-order valence-corrected chi connectivity index (χ1v) is 7.08. The number of aliphatic imine (C=N–C) groups is 1. The van der Waals surface area contributed by atoms with Gasteiger partial charge in [-0.1, -0.05) is 23.7 Å². The van der Waals surface area contributed by atoms with Gasteiger partial charge in [0, 0.05) is 25.7 Å². The highest BCUT2D eigenvalue weighted by atomic mass is 127. The lowest BCUT2D eigenvalue weighted by Crippen LogP contribution is -2.38. The van der Waals surface area contributed by atoms with E-state index in [-0.39, 0.29) is 24.0 Å². The van der Waals surface area contributed by atoms with Crippen molar-refractivity contribution < 1.29 is 0 Å². The SMILES string of the molecule is CN=C(NCCc1ccc(Cl)cc1)NCc1ncnn1C.I. The van der Waals surface area contributed by atoms with Crippen molar-refractivity contribution in [2.45, 2.75) is 13.0 Å². The summed E-state index contributed by atoms with van der Waals surface area (Å²) in [7, 11) is 3.61. The Balaban J connectivity index is 0.00000242. The second-order valence-electron chi connectivity index (χ2n) is 4.53. The maximum atomic E-state index is 5.86. The molecule has 0 atom stereocenters. The van der Waals surface area contributed by atoms with Crippen LogP contribution < -0.4 is 10.6 Å². The number of aryl methyl sites for hydroxylation is 1. The average Bonchev–Trinajstić information content (AvgIpc) is 2.90. The molecular weight excluding hydrogens is 415 g/mol. The number of hydrogen-bond donors (Lipinski definition) is 2.